The lowest BCUT2D eigenvalue weighted by molar-refractivity contribution is 0.447. The van der Waals surface area contributed by atoms with Gasteiger partial charge in [-0.25, -0.2) is 4.79 Å². The van der Waals surface area contributed by atoms with Gasteiger partial charge in [0.05, 0.1) is 0 Å². The van der Waals surface area contributed by atoms with Gasteiger partial charge in [0.15, 0.2) is 0 Å². The van der Waals surface area contributed by atoms with Gasteiger partial charge in [0.1, 0.15) is 17.0 Å². The van der Waals surface area contributed by atoms with Crippen molar-refractivity contribution in [2.24, 2.45) is 4.99 Å². The Morgan fingerprint density at radius 3 is 2.63 bits per heavy atom. The molecule has 2 aromatic rings. The Morgan fingerprint density at radius 2 is 1.95 bits per heavy atom. The van der Waals surface area contributed by atoms with Gasteiger partial charge in [0, 0.05) is 11.2 Å². The summed E-state index contributed by atoms with van der Waals surface area (Å²) in [7, 11) is 0. The summed E-state index contributed by atoms with van der Waals surface area (Å²) in [4.78, 5) is 30.1. The van der Waals surface area contributed by atoms with Crippen LogP contribution >= 0.6 is 11.6 Å². The maximum atomic E-state index is 11.4. The summed E-state index contributed by atoms with van der Waals surface area (Å²) in [5, 5.41) is 19.3. The third kappa shape index (κ3) is 2.83. The molecule has 1 heterocycles. The van der Waals surface area contributed by atoms with Crippen LogP contribution in [0, 0.1) is 0 Å². The van der Waals surface area contributed by atoms with Crippen molar-refractivity contribution in [3.05, 3.63) is 49.6 Å². The monoisotopic (exact) mass is 281 g/mol. The minimum absolute atomic E-state index is 0.123. The Balaban J connectivity index is 2.46. The smallest absolute Gasteiger partial charge is 0.328 e. The van der Waals surface area contributed by atoms with E-state index in [0.29, 0.717) is 5.02 Å². The molecule has 98 valence electrons. The molecular weight excluding hydrogens is 274 g/mol. The van der Waals surface area contributed by atoms with E-state index in [1.165, 1.54) is 18.2 Å². The van der Waals surface area contributed by atoms with Crippen LogP contribution in [0.1, 0.15) is 5.56 Å². The standard InChI is InChI=1S/C11H8ClN3O4/c12-5-1-2-8(16)7(3-5)13-4-6-9(17)14-11(19)15-10(6)18/h1-4,16H,(H3,14,15,17,18,19). The number of phenols is 1. The lowest BCUT2D eigenvalue weighted by Gasteiger charge is -1.99. The predicted octanol–water partition coefficient (Wildman–Crippen LogP) is 0.878. The van der Waals surface area contributed by atoms with Crippen molar-refractivity contribution in [2.75, 3.05) is 0 Å². The first kappa shape index (κ1) is 12.9. The highest BCUT2D eigenvalue weighted by molar-refractivity contribution is 6.30. The van der Waals surface area contributed by atoms with Gasteiger partial charge in [-0.05, 0) is 18.2 Å². The van der Waals surface area contributed by atoms with Crippen molar-refractivity contribution in [3.63, 3.8) is 0 Å². The number of benzene rings is 1. The molecule has 7 nitrogen and oxygen atoms in total. The first-order valence-electron chi connectivity index (χ1n) is 5.05. The van der Waals surface area contributed by atoms with Gasteiger partial charge >= 0.3 is 5.69 Å². The molecule has 0 unspecified atom stereocenters. The Bertz CT molecular complexity index is 763. The van der Waals surface area contributed by atoms with Crippen LogP contribution < -0.4 is 11.2 Å². The lowest BCUT2D eigenvalue weighted by atomic mass is 10.3. The van der Waals surface area contributed by atoms with E-state index >= 15 is 0 Å². The highest BCUT2D eigenvalue weighted by Gasteiger charge is 2.06. The maximum Gasteiger partial charge on any atom is 0.328 e. The maximum absolute atomic E-state index is 11.4. The van der Waals surface area contributed by atoms with E-state index < -0.39 is 17.1 Å². The second-order valence-corrected chi connectivity index (χ2v) is 4.00. The van der Waals surface area contributed by atoms with Crippen LogP contribution in [0.5, 0.6) is 11.6 Å². The number of halogens is 1. The highest BCUT2D eigenvalue weighted by Crippen LogP contribution is 2.29. The second-order valence-electron chi connectivity index (χ2n) is 3.56. The Kier molecular flexibility index (Phi) is 3.39. The molecule has 0 aliphatic heterocycles. The van der Waals surface area contributed by atoms with Gasteiger partial charge in [0.25, 0.3) is 5.56 Å². The van der Waals surface area contributed by atoms with Gasteiger partial charge in [-0.1, -0.05) is 11.6 Å². The third-order valence-electron chi connectivity index (χ3n) is 2.23. The molecule has 8 heteroatoms. The summed E-state index contributed by atoms with van der Waals surface area (Å²) in [5.41, 5.74) is -1.74. The number of hydrogen-bond donors (Lipinski definition) is 4. The molecule has 0 spiro atoms. The average molecular weight is 282 g/mol. The third-order valence-corrected chi connectivity index (χ3v) is 2.46. The van der Waals surface area contributed by atoms with Crippen molar-refractivity contribution in [1.29, 1.82) is 0 Å². The number of aliphatic imine (C=N–C) groups is 1. The number of aromatic nitrogens is 2. The number of phenolic OH excluding ortho intramolecular Hbond substituents is 1. The summed E-state index contributed by atoms with van der Waals surface area (Å²) < 4.78 is 0. The summed E-state index contributed by atoms with van der Waals surface area (Å²) >= 11 is 5.73. The van der Waals surface area contributed by atoms with Crippen molar-refractivity contribution in [3.8, 4) is 11.6 Å². The summed E-state index contributed by atoms with van der Waals surface area (Å²) in [6, 6.07) is 4.19. The molecule has 0 aliphatic carbocycles. The van der Waals surface area contributed by atoms with Crippen molar-refractivity contribution < 1.29 is 10.2 Å². The zero-order chi connectivity index (χ0) is 14.0. The predicted molar refractivity (Wildman–Crippen MR) is 69.7 cm³/mol. The summed E-state index contributed by atoms with van der Waals surface area (Å²) in [6.45, 7) is 0. The van der Waals surface area contributed by atoms with Crippen LogP contribution in [0.2, 0.25) is 5.02 Å². The molecule has 0 aliphatic rings. The highest BCUT2D eigenvalue weighted by atomic mass is 35.5. The molecule has 1 aromatic heterocycles. The Morgan fingerprint density at radius 1 is 1.21 bits per heavy atom. The van der Waals surface area contributed by atoms with Crippen LogP contribution in [0.25, 0.3) is 0 Å². The van der Waals surface area contributed by atoms with E-state index in [-0.39, 0.29) is 17.0 Å². The van der Waals surface area contributed by atoms with Crippen molar-refractivity contribution >= 4 is 23.5 Å². The first-order valence-corrected chi connectivity index (χ1v) is 5.43. The molecule has 0 saturated carbocycles. The molecular formula is C11H8ClN3O4. The van der Waals surface area contributed by atoms with Crippen LogP contribution in [0.4, 0.5) is 5.69 Å². The molecule has 2 rings (SSSR count). The van der Waals surface area contributed by atoms with Gasteiger partial charge in [-0.15, -0.1) is 0 Å². The number of H-pyrrole nitrogens is 2. The van der Waals surface area contributed by atoms with Crippen molar-refractivity contribution in [2.45, 2.75) is 0 Å². The van der Waals surface area contributed by atoms with Gasteiger partial charge in [-0.3, -0.25) is 19.8 Å². The Labute approximate surface area is 110 Å². The van der Waals surface area contributed by atoms with E-state index in [1.807, 2.05) is 9.97 Å². The summed E-state index contributed by atoms with van der Waals surface area (Å²) in [6.07, 6.45) is 1.01. The van der Waals surface area contributed by atoms with Gasteiger partial charge in [-0.2, -0.15) is 0 Å². The van der Waals surface area contributed by atoms with Gasteiger partial charge in [0.2, 0.25) is 5.88 Å². The largest absolute Gasteiger partial charge is 0.506 e. The van der Waals surface area contributed by atoms with E-state index in [1.54, 1.807) is 0 Å². The Hall–Kier alpha value is -2.54. The molecule has 0 bridgehead atoms. The number of rotatable bonds is 2. The number of aromatic amines is 2. The van der Waals surface area contributed by atoms with Crippen LogP contribution in [0.3, 0.4) is 0 Å². The van der Waals surface area contributed by atoms with Crippen LogP contribution in [-0.4, -0.2) is 26.4 Å². The zero-order valence-corrected chi connectivity index (χ0v) is 10.1. The summed E-state index contributed by atoms with van der Waals surface area (Å²) in [5.74, 6) is -0.750. The number of nitrogens with one attached hydrogen (secondary N) is 2. The van der Waals surface area contributed by atoms with E-state index in [0.717, 1.165) is 6.21 Å². The van der Waals surface area contributed by atoms with E-state index in [4.69, 9.17) is 11.6 Å². The molecule has 0 fully saturated rings. The number of aromatic hydroxyl groups is 2. The molecule has 0 atom stereocenters. The zero-order valence-electron chi connectivity index (χ0n) is 9.35. The number of nitrogens with zero attached hydrogens (tertiary/aromatic N) is 1. The molecule has 1 aromatic carbocycles. The average Bonchev–Trinajstić information content (AvgIpc) is 2.32. The molecule has 19 heavy (non-hydrogen) atoms. The van der Waals surface area contributed by atoms with Crippen LogP contribution in [0.15, 0.2) is 32.8 Å². The quantitative estimate of drug-likeness (QED) is 0.611. The number of hydrogen-bond acceptors (Lipinski definition) is 5. The topological polar surface area (TPSA) is 119 Å². The fourth-order valence-corrected chi connectivity index (χ4v) is 1.50. The molecule has 0 saturated heterocycles. The normalized spacial score (nSPS) is 11.0. The fourth-order valence-electron chi connectivity index (χ4n) is 1.34. The first-order chi connectivity index (χ1) is 8.97. The van der Waals surface area contributed by atoms with Crippen molar-refractivity contribution in [1.82, 2.24) is 9.97 Å². The van der Waals surface area contributed by atoms with E-state index in [2.05, 4.69) is 4.99 Å². The van der Waals surface area contributed by atoms with Gasteiger partial charge < -0.3 is 10.2 Å². The lowest BCUT2D eigenvalue weighted by Crippen LogP contribution is -2.24. The fraction of sp³-hybridized carbons (Fsp3) is 0. The van der Waals surface area contributed by atoms with E-state index in [9.17, 15) is 19.8 Å². The minimum atomic E-state index is -0.828. The molecule has 0 amide bonds. The second kappa shape index (κ2) is 4.99. The SMILES string of the molecule is O=c1[nH]c(O)c(C=Nc2cc(Cl)ccc2O)c(=O)[nH]1. The molecule has 0 radical (unpaired) electrons. The minimum Gasteiger partial charge on any atom is -0.506 e. The van der Waals surface area contributed by atoms with Crippen LogP contribution in [-0.2, 0) is 0 Å². The molecule has 4 N–H and O–H groups in total.